The van der Waals surface area contributed by atoms with E-state index in [2.05, 4.69) is 20.6 Å². The second-order valence-corrected chi connectivity index (χ2v) is 7.90. The van der Waals surface area contributed by atoms with E-state index in [1.54, 1.807) is 0 Å². The highest BCUT2D eigenvalue weighted by Crippen LogP contribution is 2.24. The zero-order chi connectivity index (χ0) is 22.5. The molecule has 0 unspecified atom stereocenters. The van der Waals surface area contributed by atoms with E-state index in [0.29, 0.717) is 17.9 Å². The summed E-state index contributed by atoms with van der Waals surface area (Å²) in [5.41, 5.74) is 3.74. The van der Waals surface area contributed by atoms with Gasteiger partial charge in [-0.2, -0.15) is 0 Å². The molecule has 1 amide bonds. The van der Waals surface area contributed by atoms with Crippen molar-refractivity contribution in [1.82, 2.24) is 15.3 Å². The van der Waals surface area contributed by atoms with Crippen molar-refractivity contribution >= 4 is 28.3 Å². The van der Waals surface area contributed by atoms with Crippen molar-refractivity contribution in [3.8, 4) is 5.75 Å². The molecule has 4 aromatic rings. The second kappa shape index (κ2) is 9.47. The van der Waals surface area contributed by atoms with Crippen LogP contribution in [0.5, 0.6) is 5.75 Å². The standard InChI is InChI=1S/C26H26N4O2/c1-17(2)32-21-14-10-19(11-15-21)16-27-26(31)25-29-23-7-5-4-6-22(23)24(30-25)28-20-12-8-18(3)9-13-20/h4-15,17H,16H2,1-3H3,(H,27,31)(H,28,29,30). The van der Waals surface area contributed by atoms with Crippen LogP contribution < -0.4 is 15.4 Å². The van der Waals surface area contributed by atoms with E-state index in [1.165, 1.54) is 5.56 Å². The van der Waals surface area contributed by atoms with Gasteiger partial charge in [-0.25, -0.2) is 9.97 Å². The fourth-order valence-corrected chi connectivity index (χ4v) is 3.27. The van der Waals surface area contributed by atoms with Crippen LogP contribution in [0, 0.1) is 6.92 Å². The Morgan fingerprint density at radius 1 is 0.938 bits per heavy atom. The van der Waals surface area contributed by atoms with Crippen molar-refractivity contribution < 1.29 is 9.53 Å². The van der Waals surface area contributed by atoms with Gasteiger partial charge in [0, 0.05) is 17.6 Å². The summed E-state index contributed by atoms with van der Waals surface area (Å²) in [7, 11) is 0. The molecule has 0 saturated heterocycles. The van der Waals surface area contributed by atoms with Gasteiger partial charge in [0.05, 0.1) is 11.6 Å². The number of hydrogen-bond donors (Lipinski definition) is 2. The van der Waals surface area contributed by atoms with E-state index in [-0.39, 0.29) is 17.8 Å². The Bertz CT molecular complexity index is 1220. The topological polar surface area (TPSA) is 76.1 Å². The highest BCUT2D eigenvalue weighted by Gasteiger charge is 2.14. The summed E-state index contributed by atoms with van der Waals surface area (Å²) in [6.45, 7) is 6.38. The van der Waals surface area contributed by atoms with Gasteiger partial charge in [-0.1, -0.05) is 42.0 Å². The number of para-hydroxylation sites is 1. The number of carbonyl (C=O) groups excluding carboxylic acids is 1. The van der Waals surface area contributed by atoms with Crippen molar-refractivity contribution in [2.75, 3.05) is 5.32 Å². The molecule has 6 nitrogen and oxygen atoms in total. The Labute approximate surface area is 187 Å². The van der Waals surface area contributed by atoms with Crippen LogP contribution in [0.2, 0.25) is 0 Å². The quantitative estimate of drug-likeness (QED) is 0.414. The molecule has 0 fully saturated rings. The molecule has 0 aliphatic carbocycles. The molecule has 0 bridgehead atoms. The van der Waals surface area contributed by atoms with Gasteiger partial charge in [0.1, 0.15) is 11.6 Å². The average Bonchev–Trinajstić information content (AvgIpc) is 2.79. The zero-order valence-corrected chi connectivity index (χ0v) is 18.4. The van der Waals surface area contributed by atoms with Gasteiger partial charge in [-0.05, 0) is 62.7 Å². The molecule has 6 heteroatoms. The van der Waals surface area contributed by atoms with Gasteiger partial charge in [-0.15, -0.1) is 0 Å². The summed E-state index contributed by atoms with van der Waals surface area (Å²) in [6.07, 6.45) is 0.119. The van der Waals surface area contributed by atoms with Gasteiger partial charge in [0.15, 0.2) is 0 Å². The number of hydrogen-bond acceptors (Lipinski definition) is 5. The summed E-state index contributed by atoms with van der Waals surface area (Å²) >= 11 is 0. The van der Waals surface area contributed by atoms with E-state index in [9.17, 15) is 4.79 Å². The Hall–Kier alpha value is -3.93. The summed E-state index contributed by atoms with van der Waals surface area (Å²) in [4.78, 5) is 21.8. The van der Waals surface area contributed by atoms with Gasteiger partial charge < -0.3 is 15.4 Å². The monoisotopic (exact) mass is 426 g/mol. The molecule has 0 radical (unpaired) electrons. The van der Waals surface area contributed by atoms with Crippen molar-refractivity contribution in [3.05, 3.63) is 89.7 Å². The SMILES string of the molecule is Cc1ccc(Nc2nc(C(=O)NCc3ccc(OC(C)C)cc3)nc3ccccc23)cc1. The van der Waals surface area contributed by atoms with Crippen LogP contribution in [-0.4, -0.2) is 22.0 Å². The van der Waals surface area contributed by atoms with E-state index in [0.717, 1.165) is 22.4 Å². The Kier molecular flexibility index (Phi) is 6.31. The minimum Gasteiger partial charge on any atom is -0.491 e. The first-order valence-electron chi connectivity index (χ1n) is 10.6. The highest BCUT2D eigenvalue weighted by atomic mass is 16.5. The third kappa shape index (κ3) is 5.21. The lowest BCUT2D eigenvalue weighted by Gasteiger charge is -2.12. The number of aryl methyl sites for hydroxylation is 1. The van der Waals surface area contributed by atoms with Gasteiger partial charge in [0.25, 0.3) is 5.91 Å². The van der Waals surface area contributed by atoms with E-state index >= 15 is 0 Å². The van der Waals surface area contributed by atoms with E-state index in [4.69, 9.17) is 4.74 Å². The Morgan fingerprint density at radius 2 is 1.66 bits per heavy atom. The highest BCUT2D eigenvalue weighted by molar-refractivity contribution is 5.97. The van der Waals surface area contributed by atoms with Crippen LogP contribution in [0.1, 0.15) is 35.6 Å². The average molecular weight is 427 g/mol. The lowest BCUT2D eigenvalue weighted by molar-refractivity contribution is 0.0941. The number of aromatic nitrogens is 2. The third-order valence-corrected chi connectivity index (χ3v) is 4.87. The molecule has 2 N–H and O–H groups in total. The molecule has 0 saturated carbocycles. The zero-order valence-electron chi connectivity index (χ0n) is 18.4. The molecule has 1 aromatic heterocycles. The minimum absolute atomic E-state index is 0.119. The van der Waals surface area contributed by atoms with Crippen LogP contribution >= 0.6 is 0 Å². The molecule has 0 aliphatic heterocycles. The lowest BCUT2D eigenvalue weighted by Crippen LogP contribution is -2.25. The first-order chi connectivity index (χ1) is 15.5. The van der Waals surface area contributed by atoms with Gasteiger partial charge in [0.2, 0.25) is 5.82 Å². The summed E-state index contributed by atoms with van der Waals surface area (Å²) < 4.78 is 5.66. The molecule has 0 spiro atoms. The number of benzene rings is 3. The third-order valence-electron chi connectivity index (χ3n) is 4.87. The number of nitrogens with zero attached hydrogens (tertiary/aromatic N) is 2. The van der Waals surface area contributed by atoms with Gasteiger partial charge in [-0.3, -0.25) is 4.79 Å². The maximum atomic E-state index is 12.8. The van der Waals surface area contributed by atoms with Crippen molar-refractivity contribution in [1.29, 1.82) is 0 Å². The second-order valence-electron chi connectivity index (χ2n) is 7.90. The Morgan fingerprint density at radius 3 is 2.38 bits per heavy atom. The van der Waals surface area contributed by atoms with E-state index in [1.807, 2.05) is 93.6 Å². The number of nitrogens with one attached hydrogen (secondary N) is 2. The number of anilines is 2. The predicted molar refractivity (Wildman–Crippen MR) is 127 cm³/mol. The summed E-state index contributed by atoms with van der Waals surface area (Å²) in [5.74, 6) is 1.20. The number of amides is 1. The van der Waals surface area contributed by atoms with Crippen LogP contribution in [0.3, 0.4) is 0 Å². The Balaban J connectivity index is 1.53. The van der Waals surface area contributed by atoms with Crippen LogP contribution in [0.25, 0.3) is 10.9 Å². The number of fused-ring (bicyclic) bond motifs is 1. The number of rotatable bonds is 7. The van der Waals surface area contributed by atoms with Crippen LogP contribution in [0.4, 0.5) is 11.5 Å². The largest absolute Gasteiger partial charge is 0.491 e. The number of ether oxygens (including phenoxy) is 1. The predicted octanol–water partition coefficient (Wildman–Crippen LogP) is 5.40. The fraction of sp³-hybridized carbons (Fsp3) is 0.192. The maximum Gasteiger partial charge on any atom is 0.289 e. The summed E-state index contributed by atoms with van der Waals surface area (Å²) in [5, 5.41) is 7.08. The smallest absolute Gasteiger partial charge is 0.289 e. The van der Waals surface area contributed by atoms with Gasteiger partial charge >= 0.3 is 0 Å². The molecule has 0 atom stereocenters. The fourth-order valence-electron chi connectivity index (χ4n) is 3.27. The maximum absolute atomic E-state index is 12.8. The number of carbonyl (C=O) groups is 1. The lowest BCUT2D eigenvalue weighted by atomic mass is 10.2. The molecule has 32 heavy (non-hydrogen) atoms. The molecule has 162 valence electrons. The summed E-state index contributed by atoms with van der Waals surface area (Å²) in [6, 6.07) is 23.3. The minimum atomic E-state index is -0.329. The van der Waals surface area contributed by atoms with Crippen molar-refractivity contribution in [2.24, 2.45) is 0 Å². The van der Waals surface area contributed by atoms with Crippen LogP contribution in [0.15, 0.2) is 72.8 Å². The molecule has 1 heterocycles. The molecule has 0 aliphatic rings. The first kappa shape index (κ1) is 21.3. The molecule has 3 aromatic carbocycles. The molecular weight excluding hydrogens is 400 g/mol. The van der Waals surface area contributed by atoms with Crippen LogP contribution in [-0.2, 0) is 6.54 Å². The van der Waals surface area contributed by atoms with E-state index < -0.39 is 0 Å². The normalized spacial score (nSPS) is 10.9. The van der Waals surface area contributed by atoms with Crippen molar-refractivity contribution in [2.45, 2.75) is 33.4 Å². The molecular formula is C26H26N4O2. The molecule has 4 rings (SSSR count). The van der Waals surface area contributed by atoms with Crippen molar-refractivity contribution in [3.63, 3.8) is 0 Å². The first-order valence-corrected chi connectivity index (χ1v) is 10.6.